The van der Waals surface area contributed by atoms with Crippen LogP contribution >= 0.6 is 0 Å². The predicted molar refractivity (Wildman–Crippen MR) is 110 cm³/mol. The summed E-state index contributed by atoms with van der Waals surface area (Å²) in [6.07, 6.45) is 7.11. The van der Waals surface area contributed by atoms with Gasteiger partial charge in [-0.25, -0.2) is 0 Å². The van der Waals surface area contributed by atoms with Crippen molar-refractivity contribution in [2.45, 2.75) is 50.9 Å². The molecule has 1 saturated heterocycles. The Morgan fingerprint density at radius 3 is 2.37 bits per heavy atom. The zero-order valence-corrected chi connectivity index (χ0v) is 16.9. The SMILES string of the molecule is CCN1CCN(CCCNC(=O)C2(c3ccccc3)CC23CCCC3)CC1. The summed E-state index contributed by atoms with van der Waals surface area (Å²) in [5.41, 5.74) is 1.23. The molecule has 0 radical (unpaired) electrons. The fourth-order valence-electron chi connectivity index (χ4n) is 5.69. The average Bonchev–Trinajstić information content (AvgIpc) is 3.13. The molecule has 2 saturated carbocycles. The van der Waals surface area contributed by atoms with E-state index in [1.54, 1.807) is 0 Å². The van der Waals surface area contributed by atoms with Gasteiger partial charge < -0.3 is 15.1 Å². The number of nitrogens with one attached hydrogen (secondary N) is 1. The molecule has 148 valence electrons. The van der Waals surface area contributed by atoms with Gasteiger partial charge in [0.15, 0.2) is 0 Å². The lowest BCUT2D eigenvalue weighted by Crippen LogP contribution is -2.47. The van der Waals surface area contributed by atoms with Crippen molar-refractivity contribution in [1.82, 2.24) is 15.1 Å². The second kappa shape index (κ2) is 7.92. The molecule has 1 amide bonds. The number of benzene rings is 1. The van der Waals surface area contributed by atoms with Crippen LogP contribution in [-0.2, 0) is 10.2 Å². The lowest BCUT2D eigenvalue weighted by molar-refractivity contribution is -0.124. The monoisotopic (exact) mass is 369 g/mol. The topological polar surface area (TPSA) is 35.6 Å². The number of carbonyl (C=O) groups excluding carboxylic acids is 1. The molecule has 1 atom stereocenters. The molecule has 1 unspecified atom stereocenters. The van der Waals surface area contributed by atoms with Crippen LogP contribution in [0.15, 0.2) is 30.3 Å². The van der Waals surface area contributed by atoms with Crippen LogP contribution < -0.4 is 5.32 Å². The summed E-state index contributed by atoms with van der Waals surface area (Å²) >= 11 is 0. The molecule has 0 bridgehead atoms. The molecule has 1 heterocycles. The normalized spacial score (nSPS) is 27.7. The van der Waals surface area contributed by atoms with Crippen LogP contribution in [0.4, 0.5) is 0 Å². The second-order valence-electron chi connectivity index (χ2n) is 8.82. The summed E-state index contributed by atoms with van der Waals surface area (Å²) in [5.74, 6) is 0.284. The van der Waals surface area contributed by atoms with E-state index in [2.05, 4.69) is 52.4 Å². The summed E-state index contributed by atoms with van der Waals surface area (Å²) in [4.78, 5) is 18.3. The maximum absolute atomic E-state index is 13.3. The third-order valence-electron chi connectivity index (χ3n) is 7.45. The molecule has 1 aromatic rings. The second-order valence-corrected chi connectivity index (χ2v) is 8.82. The molecule has 2 aliphatic carbocycles. The number of rotatable bonds is 7. The van der Waals surface area contributed by atoms with Crippen LogP contribution in [0.3, 0.4) is 0 Å². The third kappa shape index (κ3) is 3.54. The van der Waals surface area contributed by atoms with Crippen LogP contribution in [0.1, 0.15) is 51.0 Å². The fraction of sp³-hybridized carbons (Fsp3) is 0.696. The van der Waals surface area contributed by atoms with Gasteiger partial charge in [0.05, 0.1) is 5.41 Å². The summed E-state index contributed by atoms with van der Waals surface area (Å²) in [6.45, 7) is 10.00. The van der Waals surface area contributed by atoms with Gasteiger partial charge in [0, 0.05) is 32.7 Å². The third-order valence-corrected chi connectivity index (χ3v) is 7.45. The van der Waals surface area contributed by atoms with Crippen LogP contribution in [0.2, 0.25) is 0 Å². The molecule has 27 heavy (non-hydrogen) atoms. The Morgan fingerprint density at radius 1 is 1.04 bits per heavy atom. The summed E-state index contributed by atoms with van der Waals surface area (Å²) in [6, 6.07) is 10.6. The molecular weight excluding hydrogens is 334 g/mol. The first-order chi connectivity index (χ1) is 13.2. The highest BCUT2D eigenvalue weighted by atomic mass is 16.2. The first kappa shape index (κ1) is 18.9. The van der Waals surface area contributed by atoms with Gasteiger partial charge in [-0.3, -0.25) is 4.79 Å². The van der Waals surface area contributed by atoms with Crippen LogP contribution in [-0.4, -0.2) is 61.5 Å². The van der Waals surface area contributed by atoms with E-state index < -0.39 is 0 Å². The Kier molecular flexibility index (Phi) is 5.56. The molecule has 0 aromatic heterocycles. The smallest absolute Gasteiger partial charge is 0.231 e. The predicted octanol–water partition coefficient (Wildman–Crippen LogP) is 3.03. The minimum Gasteiger partial charge on any atom is -0.355 e. The Balaban J connectivity index is 1.30. The van der Waals surface area contributed by atoms with Gasteiger partial charge in [-0.05, 0) is 49.8 Å². The van der Waals surface area contributed by atoms with Gasteiger partial charge in [0.1, 0.15) is 0 Å². The molecule has 1 aromatic carbocycles. The fourth-order valence-corrected chi connectivity index (χ4v) is 5.69. The highest BCUT2D eigenvalue weighted by Gasteiger charge is 2.72. The molecule has 4 nitrogen and oxygen atoms in total. The first-order valence-electron chi connectivity index (χ1n) is 11.0. The quantitative estimate of drug-likeness (QED) is 0.751. The Morgan fingerprint density at radius 2 is 1.70 bits per heavy atom. The molecule has 1 N–H and O–H groups in total. The van der Waals surface area contributed by atoms with Crippen LogP contribution in [0, 0.1) is 5.41 Å². The Labute approximate surface area is 164 Å². The largest absolute Gasteiger partial charge is 0.355 e. The summed E-state index contributed by atoms with van der Waals surface area (Å²) in [7, 11) is 0. The Hall–Kier alpha value is -1.39. The van der Waals surface area contributed by atoms with E-state index in [9.17, 15) is 4.79 Å². The number of hydrogen-bond acceptors (Lipinski definition) is 3. The summed E-state index contributed by atoms with van der Waals surface area (Å²) in [5, 5.41) is 3.32. The van der Waals surface area contributed by atoms with Crippen molar-refractivity contribution in [3.05, 3.63) is 35.9 Å². The molecule has 4 rings (SSSR count). The molecule has 1 spiro atoms. The van der Waals surface area contributed by atoms with E-state index in [1.165, 1.54) is 57.4 Å². The number of likely N-dealkylation sites (N-methyl/N-ethyl adjacent to an activating group) is 1. The zero-order chi connectivity index (χ0) is 18.7. The van der Waals surface area contributed by atoms with Gasteiger partial charge in [0.2, 0.25) is 5.91 Å². The van der Waals surface area contributed by atoms with Crippen molar-refractivity contribution in [3.63, 3.8) is 0 Å². The van der Waals surface area contributed by atoms with E-state index in [0.717, 1.165) is 32.5 Å². The van der Waals surface area contributed by atoms with Crippen molar-refractivity contribution in [2.24, 2.45) is 5.41 Å². The van der Waals surface area contributed by atoms with Gasteiger partial charge in [-0.1, -0.05) is 50.1 Å². The lowest BCUT2D eigenvalue weighted by Gasteiger charge is -2.34. The molecule has 4 heteroatoms. The number of carbonyl (C=O) groups is 1. The number of hydrogen-bond donors (Lipinski definition) is 1. The molecular formula is C23H35N3O. The zero-order valence-electron chi connectivity index (χ0n) is 16.9. The Bertz CT molecular complexity index is 632. The minimum absolute atomic E-state index is 0.245. The number of piperazine rings is 1. The van der Waals surface area contributed by atoms with Gasteiger partial charge in [-0.2, -0.15) is 0 Å². The molecule has 3 fully saturated rings. The van der Waals surface area contributed by atoms with E-state index in [1.807, 2.05) is 0 Å². The average molecular weight is 370 g/mol. The van der Waals surface area contributed by atoms with Crippen LogP contribution in [0.25, 0.3) is 0 Å². The number of nitrogens with zero attached hydrogens (tertiary/aromatic N) is 2. The van der Waals surface area contributed by atoms with Crippen molar-refractivity contribution < 1.29 is 4.79 Å². The van der Waals surface area contributed by atoms with E-state index in [4.69, 9.17) is 0 Å². The van der Waals surface area contributed by atoms with Gasteiger partial charge in [-0.15, -0.1) is 0 Å². The van der Waals surface area contributed by atoms with E-state index >= 15 is 0 Å². The van der Waals surface area contributed by atoms with E-state index in [-0.39, 0.29) is 16.7 Å². The first-order valence-corrected chi connectivity index (χ1v) is 11.0. The lowest BCUT2D eigenvalue weighted by atomic mass is 9.84. The molecule has 3 aliphatic rings. The van der Waals surface area contributed by atoms with Crippen LogP contribution in [0.5, 0.6) is 0 Å². The van der Waals surface area contributed by atoms with Crippen molar-refractivity contribution >= 4 is 5.91 Å². The highest BCUT2D eigenvalue weighted by Crippen LogP contribution is 2.72. The van der Waals surface area contributed by atoms with Crippen molar-refractivity contribution in [1.29, 1.82) is 0 Å². The minimum atomic E-state index is -0.252. The van der Waals surface area contributed by atoms with Crippen molar-refractivity contribution in [3.8, 4) is 0 Å². The standard InChI is InChI=1S/C23H35N3O/c1-2-25-15-17-26(18-16-25)14-8-13-24-21(27)23(20-9-4-3-5-10-20)19-22(23)11-6-7-12-22/h3-5,9-10H,2,6-8,11-19H2,1H3,(H,24,27). The molecule has 1 aliphatic heterocycles. The van der Waals surface area contributed by atoms with Gasteiger partial charge in [0.25, 0.3) is 0 Å². The highest BCUT2D eigenvalue weighted by molar-refractivity contribution is 5.93. The maximum atomic E-state index is 13.3. The number of amides is 1. The summed E-state index contributed by atoms with van der Waals surface area (Å²) < 4.78 is 0. The van der Waals surface area contributed by atoms with Crippen molar-refractivity contribution in [2.75, 3.05) is 45.8 Å². The maximum Gasteiger partial charge on any atom is 0.231 e. The van der Waals surface area contributed by atoms with E-state index in [0.29, 0.717) is 0 Å². The van der Waals surface area contributed by atoms with Gasteiger partial charge >= 0.3 is 0 Å².